The van der Waals surface area contributed by atoms with Gasteiger partial charge in [-0.05, 0) is 73.7 Å². The number of carbonyl (C=O) groups excluding carboxylic acids is 1. The lowest BCUT2D eigenvalue weighted by molar-refractivity contribution is 0.161. The van der Waals surface area contributed by atoms with E-state index in [0.717, 1.165) is 46.9 Å². The fourth-order valence-electron chi connectivity index (χ4n) is 4.59. The van der Waals surface area contributed by atoms with Gasteiger partial charge in [-0.25, -0.2) is 4.79 Å². The molecular formula is C27H32ClN3O. The molecule has 0 saturated heterocycles. The van der Waals surface area contributed by atoms with E-state index in [-0.39, 0.29) is 12.1 Å². The second kappa shape index (κ2) is 10.3. The Morgan fingerprint density at radius 2 is 1.84 bits per heavy atom. The maximum Gasteiger partial charge on any atom is 0.322 e. The number of nitrogens with one attached hydrogen (secondary N) is 1. The fraction of sp³-hybridized carbons (Fsp3) is 0.370. The summed E-state index contributed by atoms with van der Waals surface area (Å²) in [4.78, 5) is 15.6. The molecule has 1 aliphatic carbocycles. The average Bonchev–Trinajstić information content (AvgIpc) is 3.22. The summed E-state index contributed by atoms with van der Waals surface area (Å²) in [6, 6.07) is 18.4. The summed E-state index contributed by atoms with van der Waals surface area (Å²) in [6.45, 7) is 5.47. The number of urea groups is 1. The molecule has 32 heavy (non-hydrogen) atoms. The highest BCUT2D eigenvalue weighted by Gasteiger charge is 2.27. The van der Waals surface area contributed by atoms with Crippen molar-refractivity contribution in [1.82, 2.24) is 9.47 Å². The Bertz CT molecular complexity index is 1070. The molecule has 0 atom stereocenters. The van der Waals surface area contributed by atoms with Gasteiger partial charge in [-0.3, -0.25) is 0 Å². The molecule has 4 rings (SSSR count). The van der Waals surface area contributed by atoms with Crippen molar-refractivity contribution in [2.45, 2.75) is 65.1 Å². The lowest BCUT2D eigenvalue weighted by atomic mass is 9.94. The molecule has 1 saturated carbocycles. The Balaban J connectivity index is 1.56. The van der Waals surface area contributed by atoms with Crippen LogP contribution in [-0.2, 0) is 13.1 Å². The Morgan fingerprint density at radius 1 is 1.06 bits per heavy atom. The Morgan fingerprint density at radius 3 is 2.62 bits per heavy atom. The molecule has 0 unspecified atom stereocenters. The quantitative estimate of drug-likeness (QED) is 0.425. The molecule has 2 amide bonds. The first-order valence-electron chi connectivity index (χ1n) is 11.5. The van der Waals surface area contributed by atoms with Gasteiger partial charge in [0, 0.05) is 35.2 Å². The second-order valence-electron chi connectivity index (χ2n) is 8.85. The number of amides is 2. The minimum absolute atomic E-state index is 0.0129. The lowest BCUT2D eigenvalue weighted by Gasteiger charge is -2.35. The van der Waals surface area contributed by atoms with Crippen LogP contribution in [0.1, 0.15) is 54.5 Å². The molecule has 1 fully saturated rings. The van der Waals surface area contributed by atoms with Crippen LogP contribution in [-0.4, -0.2) is 21.5 Å². The van der Waals surface area contributed by atoms with Gasteiger partial charge in [-0.1, -0.05) is 55.1 Å². The van der Waals surface area contributed by atoms with Crippen molar-refractivity contribution in [3.05, 3.63) is 88.2 Å². The topological polar surface area (TPSA) is 37.3 Å². The maximum atomic E-state index is 13.5. The van der Waals surface area contributed by atoms with Gasteiger partial charge in [0.05, 0.1) is 6.54 Å². The number of aromatic nitrogens is 1. The molecule has 1 aliphatic rings. The van der Waals surface area contributed by atoms with Crippen molar-refractivity contribution in [1.29, 1.82) is 0 Å². The Labute approximate surface area is 196 Å². The zero-order valence-electron chi connectivity index (χ0n) is 19.0. The SMILES string of the molecule is Cc1cccc(NC(=O)N(Cc2cccn2Cc2cccc(Cl)c2)C2CCCCC2)c1C. The van der Waals surface area contributed by atoms with Gasteiger partial charge >= 0.3 is 6.03 Å². The van der Waals surface area contributed by atoms with Crippen molar-refractivity contribution in [3.8, 4) is 0 Å². The van der Waals surface area contributed by atoms with Gasteiger partial charge in [0.15, 0.2) is 0 Å². The summed E-state index contributed by atoms with van der Waals surface area (Å²) in [5.41, 5.74) is 5.48. The predicted octanol–water partition coefficient (Wildman–Crippen LogP) is 7.17. The van der Waals surface area contributed by atoms with Crippen molar-refractivity contribution in [2.75, 3.05) is 5.32 Å². The molecule has 0 aliphatic heterocycles. The van der Waals surface area contributed by atoms with Crippen LogP contribution in [0.4, 0.5) is 10.5 Å². The molecule has 3 aromatic rings. The summed E-state index contributed by atoms with van der Waals surface area (Å²) >= 11 is 6.18. The summed E-state index contributed by atoms with van der Waals surface area (Å²) < 4.78 is 2.21. The molecule has 5 heteroatoms. The van der Waals surface area contributed by atoms with Crippen LogP contribution < -0.4 is 5.32 Å². The van der Waals surface area contributed by atoms with Gasteiger partial charge in [0.1, 0.15) is 0 Å². The fourth-order valence-corrected chi connectivity index (χ4v) is 4.80. The molecular weight excluding hydrogens is 418 g/mol. The number of halogens is 1. The molecule has 1 N–H and O–H groups in total. The number of nitrogens with zero attached hydrogens (tertiary/aromatic N) is 2. The van der Waals surface area contributed by atoms with Crippen LogP contribution in [0.5, 0.6) is 0 Å². The third-order valence-electron chi connectivity index (χ3n) is 6.62. The van der Waals surface area contributed by atoms with E-state index in [1.54, 1.807) is 0 Å². The highest BCUT2D eigenvalue weighted by Crippen LogP contribution is 2.26. The minimum atomic E-state index is -0.0129. The van der Waals surface area contributed by atoms with Gasteiger partial charge in [-0.15, -0.1) is 0 Å². The highest BCUT2D eigenvalue weighted by molar-refractivity contribution is 6.30. The minimum Gasteiger partial charge on any atom is -0.345 e. The molecule has 0 spiro atoms. The molecule has 2 aromatic carbocycles. The predicted molar refractivity (Wildman–Crippen MR) is 132 cm³/mol. The number of hydrogen-bond acceptors (Lipinski definition) is 1. The van der Waals surface area contributed by atoms with Crippen LogP contribution in [0.25, 0.3) is 0 Å². The number of aryl methyl sites for hydroxylation is 1. The maximum absolute atomic E-state index is 13.5. The van der Waals surface area contributed by atoms with Gasteiger partial charge < -0.3 is 14.8 Å². The van der Waals surface area contributed by atoms with Crippen molar-refractivity contribution in [3.63, 3.8) is 0 Å². The zero-order valence-corrected chi connectivity index (χ0v) is 19.7. The van der Waals surface area contributed by atoms with Gasteiger partial charge in [0.2, 0.25) is 0 Å². The normalized spacial score (nSPS) is 14.3. The van der Waals surface area contributed by atoms with Crippen LogP contribution >= 0.6 is 11.6 Å². The van der Waals surface area contributed by atoms with E-state index < -0.39 is 0 Å². The van der Waals surface area contributed by atoms with E-state index in [0.29, 0.717) is 6.54 Å². The van der Waals surface area contributed by atoms with Crippen LogP contribution in [0.2, 0.25) is 5.02 Å². The zero-order chi connectivity index (χ0) is 22.5. The number of carbonyl (C=O) groups is 1. The molecule has 168 valence electrons. The van der Waals surface area contributed by atoms with E-state index in [2.05, 4.69) is 54.2 Å². The molecule has 0 radical (unpaired) electrons. The van der Waals surface area contributed by atoms with Crippen LogP contribution in [0.15, 0.2) is 60.8 Å². The average molecular weight is 450 g/mol. The lowest BCUT2D eigenvalue weighted by Crippen LogP contribution is -2.43. The number of hydrogen-bond donors (Lipinski definition) is 1. The van der Waals surface area contributed by atoms with Crippen molar-refractivity contribution >= 4 is 23.3 Å². The smallest absolute Gasteiger partial charge is 0.322 e. The van der Waals surface area contributed by atoms with E-state index in [1.807, 2.05) is 35.2 Å². The molecule has 0 bridgehead atoms. The first-order chi connectivity index (χ1) is 15.5. The standard InChI is InChI=1S/C27H32ClN3O/c1-20-9-6-15-26(21(20)2)29-27(32)31(24-12-4-3-5-13-24)19-25-14-8-16-30(25)18-22-10-7-11-23(28)17-22/h6-11,14-17,24H,3-5,12-13,18-19H2,1-2H3,(H,29,32). The third-order valence-corrected chi connectivity index (χ3v) is 6.86. The Kier molecular flexibility index (Phi) is 7.21. The molecule has 1 aromatic heterocycles. The number of anilines is 1. The summed E-state index contributed by atoms with van der Waals surface area (Å²) in [5, 5.41) is 3.94. The number of benzene rings is 2. The van der Waals surface area contributed by atoms with E-state index >= 15 is 0 Å². The van der Waals surface area contributed by atoms with E-state index in [9.17, 15) is 4.79 Å². The summed E-state index contributed by atoms with van der Waals surface area (Å²) in [7, 11) is 0. The molecule has 4 nitrogen and oxygen atoms in total. The van der Waals surface area contributed by atoms with E-state index in [4.69, 9.17) is 11.6 Å². The second-order valence-corrected chi connectivity index (χ2v) is 9.29. The largest absolute Gasteiger partial charge is 0.345 e. The molecule has 1 heterocycles. The van der Waals surface area contributed by atoms with Crippen LogP contribution in [0, 0.1) is 13.8 Å². The van der Waals surface area contributed by atoms with Crippen LogP contribution in [0.3, 0.4) is 0 Å². The summed E-state index contributed by atoms with van der Waals surface area (Å²) in [5.74, 6) is 0. The highest BCUT2D eigenvalue weighted by atomic mass is 35.5. The number of rotatable bonds is 6. The first-order valence-corrected chi connectivity index (χ1v) is 11.9. The third kappa shape index (κ3) is 5.36. The Hall–Kier alpha value is -2.72. The van der Waals surface area contributed by atoms with Crippen molar-refractivity contribution in [2.24, 2.45) is 0 Å². The summed E-state index contributed by atoms with van der Waals surface area (Å²) in [6.07, 6.45) is 7.83. The van der Waals surface area contributed by atoms with E-state index in [1.165, 1.54) is 24.8 Å². The monoisotopic (exact) mass is 449 g/mol. The van der Waals surface area contributed by atoms with Crippen molar-refractivity contribution < 1.29 is 4.79 Å². The van der Waals surface area contributed by atoms with Gasteiger partial charge in [-0.2, -0.15) is 0 Å². The van der Waals surface area contributed by atoms with Gasteiger partial charge in [0.25, 0.3) is 0 Å². The first kappa shape index (κ1) is 22.5.